The average Bonchev–Trinajstić information content (AvgIpc) is 3.19. The van der Waals surface area contributed by atoms with Gasteiger partial charge in [0.2, 0.25) is 0 Å². The third-order valence-electron chi connectivity index (χ3n) is 2.94. The van der Waals surface area contributed by atoms with E-state index in [1.165, 1.54) is 18.9 Å². The standard InChI is InChI=1S/C13H16O4S/c1-15-9-4-5-11(10(8-9)16-2)18-13(6-7-13)12(14)17-3/h4-5,8H,6-7H2,1-3H3. The lowest BCUT2D eigenvalue weighted by atomic mass is 10.3. The quantitative estimate of drug-likeness (QED) is 0.768. The van der Waals surface area contributed by atoms with Crippen LogP contribution in [-0.2, 0) is 9.53 Å². The number of carbonyl (C=O) groups excluding carboxylic acids is 1. The molecule has 0 heterocycles. The first-order valence-electron chi connectivity index (χ1n) is 5.64. The number of benzene rings is 1. The fourth-order valence-electron chi connectivity index (χ4n) is 1.72. The second-order valence-corrected chi connectivity index (χ2v) is 5.53. The predicted molar refractivity (Wildman–Crippen MR) is 69.4 cm³/mol. The molecule has 5 heteroatoms. The number of esters is 1. The SMILES string of the molecule is COC(=O)C1(Sc2ccc(OC)cc2OC)CC1. The van der Waals surface area contributed by atoms with E-state index in [0.29, 0.717) is 0 Å². The molecule has 98 valence electrons. The molecule has 1 aromatic rings. The van der Waals surface area contributed by atoms with Crippen LogP contribution in [-0.4, -0.2) is 32.0 Å². The fraction of sp³-hybridized carbons (Fsp3) is 0.462. The van der Waals surface area contributed by atoms with Crippen LogP contribution in [0, 0.1) is 0 Å². The summed E-state index contributed by atoms with van der Waals surface area (Å²) >= 11 is 1.50. The fourth-order valence-corrected chi connectivity index (χ4v) is 2.99. The molecule has 0 radical (unpaired) electrons. The summed E-state index contributed by atoms with van der Waals surface area (Å²) in [5.41, 5.74) is 0. The van der Waals surface area contributed by atoms with E-state index < -0.39 is 4.75 Å². The molecule has 4 nitrogen and oxygen atoms in total. The largest absolute Gasteiger partial charge is 0.497 e. The molecule has 0 aliphatic heterocycles. The van der Waals surface area contributed by atoms with Gasteiger partial charge in [0.25, 0.3) is 0 Å². The first-order chi connectivity index (χ1) is 8.65. The van der Waals surface area contributed by atoms with Crippen molar-refractivity contribution in [1.29, 1.82) is 0 Å². The Morgan fingerprint density at radius 2 is 1.94 bits per heavy atom. The molecule has 1 aromatic carbocycles. The maximum absolute atomic E-state index is 11.7. The molecule has 2 rings (SSSR count). The van der Waals surface area contributed by atoms with Crippen LogP contribution in [0.3, 0.4) is 0 Å². The normalized spacial score (nSPS) is 15.9. The minimum atomic E-state index is -0.420. The summed E-state index contributed by atoms with van der Waals surface area (Å²) in [4.78, 5) is 12.6. The number of ether oxygens (including phenoxy) is 3. The molecule has 0 N–H and O–H groups in total. The number of carbonyl (C=O) groups is 1. The summed E-state index contributed by atoms with van der Waals surface area (Å²) in [6.07, 6.45) is 1.69. The minimum absolute atomic E-state index is 0.162. The van der Waals surface area contributed by atoms with Crippen LogP contribution in [0.15, 0.2) is 23.1 Å². The van der Waals surface area contributed by atoms with Crippen molar-refractivity contribution < 1.29 is 19.0 Å². The van der Waals surface area contributed by atoms with E-state index in [4.69, 9.17) is 14.2 Å². The zero-order valence-electron chi connectivity index (χ0n) is 10.7. The Hall–Kier alpha value is -1.36. The second kappa shape index (κ2) is 5.10. The molecule has 1 aliphatic rings. The Balaban J connectivity index is 2.21. The van der Waals surface area contributed by atoms with Gasteiger partial charge < -0.3 is 14.2 Å². The predicted octanol–water partition coefficient (Wildman–Crippen LogP) is 2.50. The zero-order valence-corrected chi connectivity index (χ0v) is 11.5. The zero-order chi connectivity index (χ0) is 13.2. The molecule has 1 aliphatic carbocycles. The average molecular weight is 268 g/mol. The Kier molecular flexibility index (Phi) is 3.71. The summed E-state index contributed by atoms with van der Waals surface area (Å²) in [5.74, 6) is 1.29. The number of rotatable bonds is 5. The summed E-state index contributed by atoms with van der Waals surface area (Å²) in [7, 11) is 4.64. The highest BCUT2D eigenvalue weighted by atomic mass is 32.2. The van der Waals surface area contributed by atoms with Gasteiger partial charge >= 0.3 is 5.97 Å². The van der Waals surface area contributed by atoms with Crippen LogP contribution >= 0.6 is 11.8 Å². The van der Waals surface area contributed by atoms with Gasteiger partial charge in [-0.25, -0.2) is 0 Å². The lowest BCUT2D eigenvalue weighted by Gasteiger charge is -2.15. The second-order valence-electron chi connectivity index (χ2n) is 4.10. The van der Waals surface area contributed by atoms with Crippen molar-refractivity contribution in [3.8, 4) is 11.5 Å². The molecule has 0 aromatic heterocycles. The van der Waals surface area contributed by atoms with E-state index in [-0.39, 0.29) is 5.97 Å². The van der Waals surface area contributed by atoms with Gasteiger partial charge in [0, 0.05) is 6.07 Å². The number of hydrogen-bond donors (Lipinski definition) is 0. The van der Waals surface area contributed by atoms with Crippen molar-refractivity contribution in [2.24, 2.45) is 0 Å². The van der Waals surface area contributed by atoms with Crippen LogP contribution in [0.1, 0.15) is 12.8 Å². The Morgan fingerprint density at radius 1 is 1.22 bits per heavy atom. The van der Waals surface area contributed by atoms with Gasteiger partial charge in [0.15, 0.2) is 0 Å². The van der Waals surface area contributed by atoms with Crippen LogP contribution < -0.4 is 9.47 Å². The van der Waals surface area contributed by atoms with E-state index >= 15 is 0 Å². The number of thioether (sulfide) groups is 1. The third kappa shape index (κ3) is 2.41. The summed E-state index contributed by atoms with van der Waals surface area (Å²) < 4.78 is 14.9. The summed E-state index contributed by atoms with van der Waals surface area (Å²) in [6.45, 7) is 0. The van der Waals surface area contributed by atoms with Crippen molar-refractivity contribution in [3.63, 3.8) is 0 Å². The smallest absolute Gasteiger partial charge is 0.322 e. The first kappa shape index (κ1) is 13.1. The molecule has 0 amide bonds. The highest BCUT2D eigenvalue weighted by molar-refractivity contribution is 8.01. The van der Waals surface area contributed by atoms with E-state index in [9.17, 15) is 4.79 Å². The molecule has 1 saturated carbocycles. The van der Waals surface area contributed by atoms with Gasteiger partial charge in [-0.3, -0.25) is 4.79 Å². The maximum atomic E-state index is 11.7. The molecule has 18 heavy (non-hydrogen) atoms. The van der Waals surface area contributed by atoms with Crippen LogP contribution in [0.25, 0.3) is 0 Å². The van der Waals surface area contributed by atoms with Crippen molar-refractivity contribution in [2.45, 2.75) is 22.5 Å². The van der Waals surface area contributed by atoms with E-state index in [0.717, 1.165) is 29.2 Å². The van der Waals surface area contributed by atoms with Gasteiger partial charge in [-0.1, -0.05) is 0 Å². The number of methoxy groups -OCH3 is 3. The van der Waals surface area contributed by atoms with E-state index in [1.807, 2.05) is 18.2 Å². The highest BCUT2D eigenvalue weighted by Crippen LogP contribution is 2.54. The van der Waals surface area contributed by atoms with Crippen molar-refractivity contribution in [3.05, 3.63) is 18.2 Å². The van der Waals surface area contributed by atoms with Crippen molar-refractivity contribution in [2.75, 3.05) is 21.3 Å². The molecule has 0 spiro atoms. The topological polar surface area (TPSA) is 44.8 Å². The summed E-state index contributed by atoms with van der Waals surface area (Å²) in [6, 6.07) is 5.58. The van der Waals surface area contributed by atoms with Crippen molar-refractivity contribution >= 4 is 17.7 Å². The first-order valence-corrected chi connectivity index (χ1v) is 6.46. The van der Waals surface area contributed by atoms with Crippen LogP contribution in [0.5, 0.6) is 11.5 Å². The monoisotopic (exact) mass is 268 g/mol. The Bertz CT molecular complexity index is 454. The molecule has 0 atom stereocenters. The van der Waals surface area contributed by atoms with Crippen LogP contribution in [0.2, 0.25) is 0 Å². The molecule has 0 unspecified atom stereocenters. The molecular weight excluding hydrogens is 252 g/mol. The lowest BCUT2D eigenvalue weighted by Crippen LogP contribution is -2.20. The van der Waals surface area contributed by atoms with Crippen molar-refractivity contribution in [1.82, 2.24) is 0 Å². The van der Waals surface area contributed by atoms with Gasteiger partial charge in [-0.2, -0.15) is 0 Å². The molecule has 0 bridgehead atoms. The molecular formula is C13H16O4S. The van der Waals surface area contributed by atoms with Gasteiger partial charge in [-0.05, 0) is 25.0 Å². The van der Waals surface area contributed by atoms with Gasteiger partial charge in [0.05, 0.1) is 26.2 Å². The van der Waals surface area contributed by atoms with E-state index in [2.05, 4.69) is 0 Å². The lowest BCUT2D eigenvalue weighted by molar-refractivity contribution is -0.140. The maximum Gasteiger partial charge on any atom is 0.322 e. The highest BCUT2D eigenvalue weighted by Gasteiger charge is 2.52. The summed E-state index contributed by atoms with van der Waals surface area (Å²) in [5, 5.41) is 0. The van der Waals surface area contributed by atoms with Crippen LogP contribution in [0.4, 0.5) is 0 Å². The Morgan fingerprint density at radius 3 is 2.44 bits per heavy atom. The Labute approximate surface area is 111 Å². The number of hydrogen-bond acceptors (Lipinski definition) is 5. The van der Waals surface area contributed by atoms with E-state index in [1.54, 1.807) is 14.2 Å². The van der Waals surface area contributed by atoms with Gasteiger partial charge in [0.1, 0.15) is 16.2 Å². The molecule has 1 fully saturated rings. The third-order valence-corrected chi connectivity index (χ3v) is 4.46. The van der Waals surface area contributed by atoms with Gasteiger partial charge in [-0.15, -0.1) is 11.8 Å². The minimum Gasteiger partial charge on any atom is -0.497 e. The molecule has 0 saturated heterocycles.